The summed E-state index contributed by atoms with van der Waals surface area (Å²) in [4.78, 5) is 37.2. The predicted molar refractivity (Wildman–Crippen MR) is 77.7 cm³/mol. The van der Waals surface area contributed by atoms with Crippen molar-refractivity contribution in [2.45, 2.75) is 65.0 Å². The summed E-state index contributed by atoms with van der Waals surface area (Å²) >= 11 is 0. The number of rotatable bonds is 3. The summed E-state index contributed by atoms with van der Waals surface area (Å²) in [5, 5.41) is 12.2. The number of Topliss-reactive ketones (excluding diaryl/α,β-unsaturated/α-hetero) is 1. The molecule has 7 heteroatoms. The second-order valence-corrected chi connectivity index (χ2v) is 6.65. The van der Waals surface area contributed by atoms with Gasteiger partial charge in [-0.25, -0.2) is 0 Å². The van der Waals surface area contributed by atoms with Crippen LogP contribution in [0.15, 0.2) is 0 Å². The molecule has 124 valence electrons. The average molecular weight is 312 g/mol. The Bertz CT molecular complexity index is 490. The maximum atomic E-state index is 12.3. The van der Waals surface area contributed by atoms with E-state index in [9.17, 15) is 19.5 Å². The van der Waals surface area contributed by atoms with Crippen molar-refractivity contribution in [2.24, 2.45) is 5.41 Å². The molecular formula is C15H24N2O5. The summed E-state index contributed by atoms with van der Waals surface area (Å²) in [5.41, 5.74) is -0.641. The van der Waals surface area contributed by atoms with E-state index in [0.29, 0.717) is 6.42 Å². The monoisotopic (exact) mass is 312 g/mol. The van der Waals surface area contributed by atoms with Crippen LogP contribution in [0.2, 0.25) is 0 Å². The average Bonchev–Trinajstić information content (AvgIpc) is 2.79. The van der Waals surface area contributed by atoms with E-state index in [2.05, 4.69) is 5.32 Å². The summed E-state index contributed by atoms with van der Waals surface area (Å²) in [6.45, 7) is 6.64. The molecule has 2 rings (SSSR count). The third-order valence-electron chi connectivity index (χ3n) is 4.90. The van der Waals surface area contributed by atoms with E-state index >= 15 is 0 Å². The fourth-order valence-electron chi connectivity index (χ4n) is 3.15. The van der Waals surface area contributed by atoms with Gasteiger partial charge in [0.2, 0.25) is 11.8 Å². The molecule has 0 saturated carbocycles. The van der Waals surface area contributed by atoms with Gasteiger partial charge in [-0.1, -0.05) is 13.8 Å². The minimum atomic E-state index is -0.641. The number of likely N-dealkylation sites (tertiary alicyclic amines) is 1. The number of ether oxygens (including phenoxy) is 1. The van der Waals surface area contributed by atoms with Gasteiger partial charge in [0.1, 0.15) is 18.1 Å². The molecule has 7 nitrogen and oxygen atoms in total. The molecule has 2 saturated heterocycles. The molecule has 2 amide bonds. The van der Waals surface area contributed by atoms with Gasteiger partial charge in [-0.3, -0.25) is 14.4 Å². The lowest BCUT2D eigenvalue weighted by molar-refractivity contribution is -0.168. The number of carbonyl (C=O) groups is 3. The number of ketones is 1. The summed E-state index contributed by atoms with van der Waals surface area (Å²) in [6.07, 6.45) is -0.810. The molecule has 0 radical (unpaired) electrons. The lowest BCUT2D eigenvalue weighted by Crippen LogP contribution is -2.59. The van der Waals surface area contributed by atoms with Crippen LogP contribution in [0.1, 0.15) is 40.5 Å². The molecule has 4 unspecified atom stereocenters. The van der Waals surface area contributed by atoms with E-state index in [0.717, 1.165) is 0 Å². The smallest absolute Gasteiger partial charge is 0.232 e. The standard InChI is InChI=1S/C15H24N2O5/c1-8-15(3,4)12(20)6-13(21)17(8)14-5-10(16-9(2)19)11(7-18)22-14/h8,10-11,14,18H,5-7H2,1-4H3,(H,16,19). The van der Waals surface area contributed by atoms with Gasteiger partial charge < -0.3 is 20.1 Å². The minimum absolute atomic E-state index is 0.0728. The molecule has 2 aliphatic heterocycles. The molecule has 2 aliphatic rings. The van der Waals surface area contributed by atoms with Crippen molar-refractivity contribution in [3.63, 3.8) is 0 Å². The number of hydrogen-bond donors (Lipinski definition) is 2. The molecule has 0 bridgehead atoms. The maximum absolute atomic E-state index is 12.3. The fourth-order valence-corrected chi connectivity index (χ4v) is 3.15. The lowest BCUT2D eigenvalue weighted by Gasteiger charge is -2.45. The van der Waals surface area contributed by atoms with Gasteiger partial charge in [-0.2, -0.15) is 0 Å². The van der Waals surface area contributed by atoms with Crippen LogP contribution >= 0.6 is 0 Å². The minimum Gasteiger partial charge on any atom is -0.394 e. The van der Waals surface area contributed by atoms with Crippen molar-refractivity contribution in [3.05, 3.63) is 0 Å². The van der Waals surface area contributed by atoms with Crippen molar-refractivity contribution in [3.8, 4) is 0 Å². The summed E-state index contributed by atoms with van der Waals surface area (Å²) in [6, 6.07) is -0.644. The Labute approximate surface area is 130 Å². The maximum Gasteiger partial charge on any atom is 0.232 e. The molecule has 2 N–H and O–H groups in total. The van der Waals surface area contributed by atoms with Crippen molar-refractivity contribution < 1.29 is 24.2 Å². The van der Waals surface area contributed by atoms with Crippen molar-refractivity contribution in [2.75, 3.05) is 6.61 Å². The van der Waals surface area contributed by atoms with E-state index in [1.54, 1.807) is 4.90 Å². The zero-order chi connectivity index (χ0) is 16.7. The van der Waals surface area contributed by atoms with Crippen molar-refractivity contribution >= 4 is 17.6 Å². The normalized spacial score (nSPS) is 34.9. The first-order valence-electron chi connectivity index (χ1n) is 7.56. The highest BCUT2D eigenvalue weighted by atomic mass is 16.5. The molecule has 0 aromatic carbocycles. The fraction of sp³-hybridized carbons (Fsp3) is 0.800. The SMILES string of the molecule is CC(=O)NC1CC(N2C(=O)CC(=O)C(C)(C)C2C)OC1CO. The van der Waals surface area contributed by atoms with Crippen LogP contribution in [0.3, 0.4) is 0 Å². The molecule has 0 aliphatic carbocycles. The number of piperidine rings is 1. The Hall–Kier alpha value is -1.47. The first-order chi connectivity index (χ1) is 10.2. The van der Waals surface area contributed by atoms with E-state index < -0.39 is 17.7 Å². The summed E-state index contributed by atoms with van der Waals surface area (Å²) < 4.78 is 5.76. The van der Waals surface area contributed by atoms with Gasteiger partial charge >= 0.3 is 0 Å². The third-order valence-corrected chi connectivity index (χ3v) is 4.90. The number of aliphatic hydroxyl groups is 1. The second kappa shape index (κ2) is 5.96. The number of amides is 2. The first-order valence-corrected chi connectivity index (χ1v) is 7.56. The highest BCUT2D eigenvalue weighted by molar-refractivity contribution is 6.03. The molecule has 2 fully saturated rings. The van der Waals surface area contributed by atoms with E-state index in [1.807, 2.05) is 20.8 Å². The van der Waals surface area contributed by atoms with E-state index in [4.69, 9.17) is 4.74 Å². The van der Waals surface area contributed by atoms with Crippen LogP contribution in [0.5, 0.6) is 0 Å². The van der Waals surface area contributed by atoms with E-state index in [-0.39, 0.29) is 42.7 Å². The zero-order valence-corrected chi connectivity index (χ0v) is 13.5. The largest absolute Gasteiger partial charge is 0.394 e. The molecule has 0 aromatic heterocycles. The highest BCUT2D eigenvalue weighted by Gasteiger charge is 2.50. The quantitative estimate of drug-likeness (QED) is 0.705. The van der Waals surface area contributed by atoms with Crippen molar-refractivity contribution in [1.29, 1.82) is 0 Å². The summed E-state index contributed by atoms with van der Waals surface area (Å²) in [5.74, 6) is -0.542. The molecule has 0 spiro atoms. The Kier molecular flexibility index (Phi) is 4.58. The number of carbonyl (C=O) groups excluding carboxylic acids is 3. The molecular weight excluding hydrogens is 288 g/mol. The number of nitrogens with zero attached hydrogens (tertiary/aromatic N) is 1. The van der Waals surface area contributed by atoms with Gasteiger partial charge in [-0.15, -0.1) is 0 Å². The number of aliphatic hydroxyl groups excluding tert-OH is 1. The Morgan fingerprint density at radius 2 is 2.09 bits per heavy atom. The summed E-state index contributed by atoms with van der Waals surface area (Å²) in [7, 11) is 0. The van der Waals surface area contributed by atoms with Gasteiger partial charge in [0, 0.05) is 24.8 Å². The van der Waals surface area contributed by atoms with Crippen LogP contribution in [0.4, 0.5) is 0 Å². The molecule has 2 heterocycles. The van der Waals surface area contributed by atoms with Crippen LogP contribution < -0.4 is 5.32 Å². The van der Waals surface area contributed by atoms with Crippen molar-refractivity contribution in [1.82, 2.24) is 10.2 Å². The van der Waals surface area contributed by atoms with Crippen LogP contribution in [0, 0.1) is 5.41 Å². The topological polar surface area (TPSA) is 95.9 Å². The van der Waals surface area contributed by atoms with Gasteiger partial charge in [0.15, 0.2) is 0 Å². The van der Waals surface area contributed by atoms with Gasteiger partial charge in [-0.05, 0) is 6.92 Å². The predicted octanol–water partition coefficient (Wildman–Crippen LogP) is -0.185. The molecule has 0 aromatic rings. The zero-order valence-electron chi connectivity index (χ0n) is 13.5. The second-order valence-electron chi connectivity index (χ2n) is 6.65. The van der Waals surface area contributed by atoms with Gasteiger partial charge in [0.25, 0.3) is 0 Å². The molecule has 4 atom stereocenters. The number of nitrogens with one attached hydrogen (secondary N) is 1. The first kappa shape index (κ1) is 16.9. The molecule has 22 heavy (non-hydrogen) atoms. The lowest BCUT2D eigenvalue weighted by atomic mass is 9.75. The van der Waals surface area contributed by atoms with E-state index in [1.165, 1.54) is 6.92 Å². The van der Waals surface area contributed by atoms with Crippen LogP contribution in [-0.2, 0) is 19.1 Å². The Morgan fingerprint density at radius 1 is 1.45 bits per heavy atom. The highest BCUT2D eigenvalue weighted by Crippen LogP contribution is 2.37. The van der Waals surface area contributed by atoms with Crippen LogP contribution in [0.25, 0.3) is 0 Å². The Morgan fingerprint density at radius 3 is 2.64 bits per heavy atom. The van der Waals surface area contributed by atoms with Gasteiger partial charge in [0.05, 0.1) is 19.1 Å². The third kappa shape index (κ3) is 2.87. The van der Waals surface area contributed by atoms with Crippen LogP contribution in [-0.4, -0.2) is 58.6 Å². The Balaban J connectivity index is 2.18. The number of hydrogen-bond acceptors (Lipinski definition) is 5.